The Morgan fingerprint density at radius 3 is 2.45 bits per heavy atom. The number of carbonyl (C=O) groups is 4. The molecule has 3 rings (SSSR count). The van der Waals surface area contributed by atoms with E-state index in [1.54, 1.807) is 19.9 Å². The molecule has 0 saturated carbocycles. The van der Waals surface area contributed by atoms with Crippen LogP contribution in [-0.4, -0.2) is 80.9 Å². The summed E-state index contributed by atoms with van der Waals surface area (Å²) >= 11 is 0. The number of carbonyl (C=O) groups excluding carboxylic acids is 4. The summed E-state index contributed by atoms with van der Waals surface area (Å²) in [4.78, 5) is 50.5. The van der Waals surface area contributed by atoms with Crippen molar-refractivity contribution in [2.45, 2.75) is 51.7 Å². The maximum atomic E-state index is 14.9. The molecule has 210 valence electrons. The summed E-state index contributed by atoms with van der Waals surface area (Å²) in [6.07, 6.45) is -2.18. The van der Waals surface area contributed by atoms with Crippen LogP contribution in [-0.2, 0) is 33.6 Å². The molecule has 2 fully saturated rings. The van der Waals surface area contributed by atoms with Crippen LogP contribution < -0.4 is 10.6 Å². The Labute approximate surface area is 220 Å². The van der Waals surface area contributed by atoms with Gasteiger partial charge in [0.15, 0.2) is 0 Å². The number of benzene rings is 1. The van der Waals surface area contributed by atoms with Gasteiger partial charge in [-0.2, -0.15) is 0 Å². The minimum Gasteiger partial charge on any atom is -0.442 e. The third kappa shape index (κ3) is 7.19. The van der Waals surface area contributed by atoms with Gasteiger partial charge in [0.1, 0.15) is 27.8 Å². The van der Waals surface area contributed by atoms with Crippen molar-refractivity contribution < 1.29 is 46.2 Å². The van der Waals surface area contributed by atoms with Crippen molar-refractivity contribution >= 4 is 39.6 Å². The standard InChI is InChI=1S/C24H32FN3O9S/c1-14(2)21(26)22(30)35-13-36-23(31)27(15(3)29)11-18-12-28(24(32)37-18)17-4-5-19(20(25)10-17)16-6-8-38(33,34)9-7-16/h4-5,10,14,16,18,21H,6-9,11-13,26H2,1-3H3/t18-,21+/m0/s1. The lowest BCUT2D eigenvalue weighted by Crippen LogP contribution is -2.43. The lowest BCUT2D eigenvalue weighted by atomic mass is 9.93. The average Bonchev–Trinajstić information content (AvgIpc) is 3.21. The lowest BCUT2D eigenvalue weighted by Gasteiger charge is -2.23. The smallest absolute Gasteiger partial charge is 0.419 e. The van der Waals surface area contributed by atoms with E-state index in [2.05, 4.69) is 0 Å². The number of sulfone groups is 1. The minimum atomic E-state index is -3.09. The number of ether oxygens (including phenoxy) is 3. The number of imide groups is 1. The molecule has 0 aromatic heterocycles. The highest BCUT2D eigenvalue weighted by atomic mass is 32.2. The van der Waals surface area contributed by atoms with Crippen LogP contribution in [0.15, 0.2) is 18.2 Å². The molecule has 2 N–H and O–H groups in total. The topological polar surface area (TPSA) is 163 Å². The number of nitrogens with zero attached hydrogens (tertiary/aromatic N) is 2. The van der Waals surface area contributed by atoms with Crippen molar-refractivity contribution in [3.8, 4) is 0 Å². The highest BCUT2D eigenvalue weighted by Gasteiger charge is 2.37. The first-order valence-corrected chi connectivity index (χ1v) is 14.0. The summed E-state index contributed by atoms with van der Waals surface area (Å²) in [6, 6.07) is 3.34. The summed E-state index contributed by atoms with van der Waals surface area (Å²) in [5.74, 6) is -2.45. The lowest BCUT2D eigenvalue weighted by molar-refractivity contribution is -0.155. The van der Waals surface area contributed by atoms with E-state index in [1.165, 1.54) is 17.0 Å². The molecule has 38 heavy (non-hydrogen) atoms. The van der Waals surface area contributed by atoms with Crippen molar-refractivity contribution in [3.63, 3.8) is 0 Å². The second kappa shape index (κ2) is 12.1. The van der Waals surface area contributed by atoms with E-state index in [1.807, 2.05) is 0 Å². The fourth-order valence-electron chi connectivity index (χ4n) is 4.16. The van der Waals surface area contributed by atoms with E-state index < -0.39 is 58.7 Å². The molecule has 0 aliphatic carbocycles. The number of cyclic esters (lactones) is 1. The largest absolute Gasteiger partial charge is 0.442 e. The van der Waals surface area contributed by atoms with Gasteiger partial charge in [-0.15, -0.1) is 0 Å². The molecule has 2 aliphatic rings. The summed E-state index contributed by atoms with van der Waals surface area (Å²) in [5.41, 5.74) is 6.25. The third-order valence-corrected chi connectivity index (χ3v) is 8.24. The maximum Gasteiger partial charge on any atom is 0.419 e. The zero-order valence-corrected chi connectivity index (χ0v) is 22.2. The van der Waals surface area contributed by atoms with E-state index in [0.29, 0.717) is 23.3 Å². The first kappa shape index (κ1) is 29.3. The molecular weight excluding hydrogens is 525 g/mol. The van der Waals surface area contributed by atoms with E-state index in [0.717, 1.165) is 6.92 Å². The van der Waals surface area contributed by atoms with Gasteiger partial charge in [-0.3, -0.25) is 14.5 Å². The van der Waals surface area contributed by atoms with Crippen molar-refractivity contribution in [2.24, 2.45) is 11.7 Å². The molecule has 1 aromatic rings. The van der Waals surface area contributed by atoms with E-state index in [9.17, 15) is 32.0 Å². The molecule has 2 atom stereocenters. The minimum absolute atomic E-state index is 0.00197. The summed E-state index contributed by atoms with van der Waals surface area (Å²) in [7, 11) is -3.09. The fraction of sp³-hybridized carbons (Fsp3) is 0.583. The van der Waals surface area contributed by atoms with Crippen LogP contribution in [0.25, 0.3) is 0 Å². The third-order valence-electron chi connectivity index (χ3n) is 6.52. The second-order valence-electron chi connectivity index (χ2n) is 9.64. The van der Waals surface area contributed by atoms with Crippen molar-refractivity contribution in [1.29, 1.82) is 0 Å². The van der Waals surface area contributed by atoms with Crippen LogP contribution in [0.5, 0.6) is 0 Å². The number of rotatable bonds is 8. The Balaban J connectivity index is 1.59. The molecule has 2 aliphatic heterocycles. The molecule has 1 aromatic carbocycles. The summed E-state index contributed by atoms with van der Waals surface area (Å²) in [6.45, 7) is 3.38. The molecule has 2 heterocycles. The highest BCUT2D eigenvalue weighted by Crippen LogP contribution is 2.33. The summed E-state index contributed by atoms with van der Waals surface area (Å²) < 4.78 is 53.1. The first-order valence-electron chi connectivity index (χ1n) is 12.1. The van der Waals surface area contributed by atoms with Gasteiger partial charge in [-0.1, -0.05) is 19.9 Å². The fourth-order valence-corrected chi connectivity index (χ4v) is 5.65. The Hall–Kier alpha value is -3.26. The van der Waals surface area contributed by atoms with Gasteiger partial charge in [0.2, 0.25) is 12.7 Å². The Bertz CT molecular complexity index is 1180. The van der Waals surface area contributed by atoms with Crippen molar-refractivity contribution in [3.05, 3.63) is 29.6 Å². The van der Waals surface area contributed by atoms with Crippen LogP contribution in [0, 0.1) is 11.7 Å². The molecule has 0 radical (unpaired) electrons. The second-order valence-corrected chi connectivity index (χ2v) is 11.9. The van der Waals surface area contributed by atoms with Gasteiger partial charge in [0.25, 0.3) is 0 Å². The van der Waals surface area contributed by atoms with Crippen LogP contribution in [0.2, 0.25) is 0 Å². The quantitative estimate of drug-likeness (QED) is 0.369. The van der Waals surface area contributed by atoms with E-state index in [4.69, 9.17) is 19.9 Å². The number of amides is 3. The van der Waals surface area contributed by atoms with Crippen molar-refractivity contribution in [2.75, 3.05) is 36.3 Å². The molecule has 14 heteroatoms. The number of halogens is 1. The van der Waals surface area contributed by atoms with Crippen LogP contribution in [0.1, 0.15) is 45.1 Å². The number of anilines is 1. The molecule has 12 nitrogen and oxygen atoms in total. The van der Waals surface area contributed by atoms with Gasteiger partial charge in [0, 0.05) is 6.92 Å². The number of hydrogen-bond donors (Lipinski definition) is 1. The van der Waals surface area contributed by atoms with Gasteiger partial charge < -0.3 is 19.9 Å². The maximum absolute atomic E-state index is 14.9. The number of esters is 1. The van der Waals surface area contributed by atoms with E-state index in [-0.39, 0.29) is 42.1 Å². The van der Waals surface area contributed by atoms with Gasteiger partial charge >= 0.3 is 18.2 Å². The highest BCUT2D eigenvalue weighted by molar-refractivity contribution is 7.91. The van der Waals surface area contributed by atoms with Crippen molar-refractivity contribution in [1.82, 2.24) is 4.90 Å². The van der Waals surface area contributed by atoms with E-state index >= 15 is 0 Å². The SMILES string of the molecule is CC(=O)N(C[C@H]1CN(c2ccc(C3CCS(=O)(=O)CC3)c(F)c2)C(=O)O1)C(=O)OCOC(=O)[C@H](N)C(C)C. The average molecular weight is 558 g/mol. The van der Waals surface area contributed by atoms with Gasteiger partial charge in [-0.25, -0.2) is 27.3 Å². The molecular formula is C24H32FN3O9S. The predicted molar refractivity (Wildman–Crippen MR) is 132 cm³/mol. The van der Waals surface area contributed by atoms with Crippen LogP contribution in [0.4, 0.5) is 19.7 Å². The summed E-state index contributed by atoms with van der Waals surface area (Å²) in [5, 5.41) is 0. The molecule has 0 bridgehead atoms. The Morgan fingerprint density at radius 2 is 1.87 bits per heavy atom. The normalized spacial score (nSPS) is 20.1. The Morgan fingerprint density at radius 1 is 1.21 bits per heavy atom. The predicted octanol–water partition coefficient (Wildman–Crippen LogP) is 1.91. The molecule has 0 spiro atoms. The molecule has 0 unspecified atom stereocenters. The van der Waals surface area contributed by atoms with Crippen LogP contribution in [0.3, 0.4) is 0 Å². The first-order chi connectivity index (χ1) is 17.8. The molecule has 2 saturated heterocycles. The molecule has 3 amide bonds. The zero-order chi connectivity index (χ0) is 28.2. The van der Waals surface area contributed by atoms with Gasteiger partial charge in [0.05, 0.1) is 30.3 Å². The van der Waals surface area contributed by atoms with Crippen LogP contribution >= 0.6 is 0 Å². The van der Waals surface area contributed by atoms with Gasteiger partial charge in [-0.05, 0) is 42.4 Å². The number of hydrogen-bond acceptors (Lipinski definition) is 10. The zero-order valence-electron chi connectivity index (χ0n) is 21.4. The Kier molecular flexibility index (Phi) is 9.31. The monoisotopic (exact) mass is 557 g/mol. The number of nitrogens with two attached hydrogens (primary N) is 1.